The number of benzene rings is 2. The second-order valence-electron chi connectivity index (χ2n) is 7.62. The summed E-state index contributed by atoms with van der Waals surface area (Å²) in [7, 11) is -4.11. The topological polar surface area (TPSA) is 92.9 Å². The van der Waals surface area contributed by atoms with Gasteiger partial charge in [-0.25, -0.2) is 13.6 Å². The van der Waals surface area contributed by atoms with Crippen LogP contribution < -0.4 is 14.8 Å². The van der Waals surface area contributed by atoms with Crippen molar-refractivity contribution in [2.45, 2.75) is 31.6 Å². The van der Waals surface area contributed by atoms with E-state index in [4.69, 9.17) is 22.1 Å². The molecule has 1 heterocycles. The average Bonchev–Trinajstić information content (AvgIpc) is 3.33. The zero-order valence-electron chi connectivity index (χ0n) is 18.8. The van der Waals surface area contributed by atoms with E-state index in [2.05, 4.69) is 4.90 Å². The van der Waals surface area contributed by atoms with Crippen LogP contribution in [0, 0.1) is 0 Å². The van der Waals surface area contributed by atoms with Gasteiger partial charge in [-0.3, -0.25) is 4.79 Å². The van der Waals surface area contributed by atoms with E-state index in [1.807, 2.05) is 38.1 Å². The standard InChI is InChI=1S/C23H29N3O4S3/c1-3-25(4-2)21(27)16-32-23(31)17-14-19(26-12-8-9-13-26)22(20(15-17)33(24,28)29)30-18-10-6-5-7-11-18/h5-7,10-11,14-15H,3-4,8-9,12-13,16H2,1-2H3,(H2,24,28,29). The molecular weight excluding hydrogens is 478 g/mol. The van der Waals surface area contributed by atoms with Crippen LogP contribution in [0.3, 0.4) is 0 Å². The summed E-state index contributed by atoms with van der Waals surface area (Å²) in [5.74, 6) is 0.883. The second kappa shape index (κ2) is 11.3. The van der Waals surface area contributed by atoms with Crippen molar-refractivity contribution < 1.29 is 17.9 Å². The minimum atomic E-state index is -4.11. The van der Waals surface area contributed by atoms with Crippen LogP contribution in [0.4, 0.5) is 5.69 Å². The summed E-state index contributed by atoms with van der Waals surface area (Å²) in [6, 6.07) is 12.3. The van der Waals surface area contributed by atoms with E-state index < -0.39 is 10.0 Å². The molecule has 2 aromatic carbocycles. The molecule has 2 N–H and O–H groups in total. The molecule has 178 valence electrons. The predicted octanol–water partition coefficient (Wildman–Crippen LogP) is 4.00. The highest BCUT2D eigenvalue weighted by molar-refractivity contribution is 8.24. The largest absolute Gasteiger partial charge is 0.454 e. The Morgan fingerprint density at radius 2 is 1.79 bits per heavy atom. The van der Waals surface area contributed by atoms with Gasteiger partial charge >= 0.3 is 0 Å². The SMILES string of the molecule is CCN(CC)C(=O)CSC(=S)c1cc(N2CCCC2)c(Oc2ccccc2)c(S(N)(=O)=O)c1. The van der Waals surface area contributed by atoms with Crippen LogP contribution in [0.2, 0.25) is 0 Å². The number of thiocarbonyl (C=S) groups is 1. The van der Waals surface area contributed by atoms with Crippen molar-refractivity contribution in [1.82, 2.24) is 4.90 Å². The Kier molecular flexibility index (Phi) is 8.75. The van der Waals surface area contributed by atoms with Gasteiger partial charge in [0.2, 0.25) is 15.9 Å². The molecule has 0 atom stereocenters. The molecule has 33 heavy (non-hydrogen) atoms. The molecule has 1 amide bonds. The fourth-order valence-electron chi connectivity index (χ4n) is 3.70. The monoisotopic (exact) mass is 507 g/mol. The van der Waals surface area contributed by atoms with Crippen LogP contribution in [-0.2, 0) is 14.8 Å². The number of sulfonamides is 1. The number of para-hydroxylation sites is 1. The minimum Gasteiger partial charge on any atom is -0.454 e. The fourth-order valence-corrected chi connectivity index (χ4v) is 5.41. The highest BCUT2D eigenvalue weighted by Crippen LogP contribution is 2.41. The molecule has 0 aromatic heterocycles. The first-order chi connectivity index (χ1) is 15.7. The second-order valence-corrected chi connectivity index (χ2v) is 10.8. The first kappa shape index (κ1) is 25.5. The summed E-state index contributed by atoms with van der Waals surface area (Å²) in [6.07, 6.45) is 1.99. The highest BCUT2D eigenvalue weighted by Gasteiger charge is 2.27. The van der Waals surface area contributed by atoms with E-state index in [1.165, 1.54) is 17.8 Å². The van der Waals surface area contributed by atoms with Gasteiger partial charge in [0.05, 0.1) is 15.6 Å². The Morgan fingerprint density at radius 1 is 1.15 bits per heavy atom. The molecule has 2 aromatic rings. The number of rotatable bonds is 9. The van der Waals surface area contributed by atoms with Crippen molar-refractivity contribution >= 4 is 49.8 Å². The number of thioether (sulfide) groups is 1. The maximum Gasteiger partial charge on any atom is 0.241 e. The van der Waals surface area contributed by atoms with E-state index in [0.29, 0.717) is 34.3 Å². The Balaban J connectivity index is 2.01. The lowest BCUT2D eigenvalue weighted by atomic mass is 10.2. The molecule has 1 aliphatic rings. The highest BCUT2D eigenvalue weighted by atomic mass is 32.2. The molecule has 10 heteroatoms. The van der Waals surface area contributed by atoms with Crippen molar-refractivity contribution in [3.63, 3.8) is 0 Å². The number of hydrogen-bond acceptors (Lipinski definition) is 7. The molecule has 0 spiro atoms. The molecule has 1 aliphatic heterocycles. The maximum absolute atomic E-state index is 12.6. The molecule has 7 nitrogen and oxygen atoms in total. The van der Waals surface area contributed by atoms with Gasteiger partial charge in [0.15, 0.2) is 5.75 Å². The number of nitrogens with two attached hydrogens (primary N) is 1. The summed E-state index contributed by atoms with van der Waals surface area (Å²) in [6.45, 7) is 6.66. The molecule has 3 rings (SSSR count). The Labute approximate surface area is 205 Å². The summed E-state index contributed by atoms with van der Waals surface area (Å²) >= 11 is 6.81. The van der Waals surface area contributed by atoms with Gasteiger partial charge in [0.1, 0.15) is 10.6 Å². The van der Waals surface area contributed by atoms with Gasteiger partial charge in [0.25, 0.3) is 0 Å². The van der Waals surface area contributed by atoms with E-state index >= 15 is 0 Å². The lowest BCUT2D eigenvalue weighted by molar-refractivity contribution is -0.127. The first-order valence-corrected chi connectivity index (χ1v) is 13.8. The molecule has 1 saturated heterocycles. The zero-order valence-corrected chi connectivity index (χ0v) is 21.3. The number of nitrogens with zero attached hydrogens (tertiary/aromatic N) is 2. The third-order valence-corrected chi connectivity index (χ3v) is 7.82. The van der Waals surface area contributed by atoms with Crippen LogP contribution in [0.25, 0.3) is 0 Å². The van der Waals surface area contributed by atoms with Crippen molar-refractivity contribution in [1.29, 1.82) is 0 Å². The van der Waals surface area contributed by atoms with Crippen molar-refractivity contribution in [2.24, 2.45) is 5.14 Å². The minimum absolute atomic E-state index is 0.0113. The molecule has 0 saturated carbocycles. The molecule has 0 bridgehead atoms. The Bertz CT molecular complexity index is 1100. The van der Waals surface area contributed by atoms with E-state index in [1.54, 1.807) is 17.0 Å². The number of carbonyl (C=O) groups excluding carboxylic acids is 1. The predicted molar refractivity (Wildman–Crippen MR) is 138 cm³/mol. The summed E-state index contributed by atoms with van der Waals surface area (Å²) in [5, 5.41) is 5.61. The Morgan fingerprint density at radius 3 is 2.36 bits per heavy atom. The van der Waals surface area contributed by atoms with Gasteiger partial charge < -0.3 is 14.5 Å². The number of amides is 1. The van der Waals surface area contributed by atoms with E-state index in [0.717, 1.165) is 25.9 Å². The third-order valence-electron chi connectivity index (χ3n) is 5.43. The van der Waals surface area contributed by atoms with Gasteiger partial charge in [-0.15, -0.1) is 11.8 Å². The summed E-state index contributed by atoms with van der Waals surface area (Å²) in [4.78, 5) is 16.1. The van der Waals surface area contributed by atoms with Crippen LogP contribution >= 0.6 is 24.0 Å². The molecule has 1 fully saturated rings. The number of hydrogen-bond donors (Lipinski definition) is 1. The van der Waals surface area contributed by atoms with Gasteiger partial charge in [0, 0.05) is 31.7 Å². The molecular formula is C23H29N3O4S3. The molecule has 0 aliphatic carbocycles. The lowest BCUT2D eigenvalue weighted by Crippen LogP contribution is -2.32. The quantitative estimate of drug-likeness (QED) is 0.513. The lowest BCUT2D eigenvalue weighted by Gasteiger charge is -2.24. The number of ether oxygens (including phenoxy) is 1. The normalized spacial score (nSPS) is 13.7. The van der Waals surface area contributed by atoms with Gasteiger partial charge in [-0.05, 0) is 51.0 Å². The number of primary sulfonamides is 1. The van der Waals surface area contributed by atoms with Crippen LogP contribution in [0.1, 0.15) is 32.3 Å². The van der Waals surface area contributed by atoms with E-state index in [-0.39, 0.29) is 22.3 Å². The van der Waals surface area contributed by atoms with Gasteiger partial charge in [-0.2, -0.15) is 0 Å². The number of carbonyl (C=O) groups is 1. The summed E-state index contributed by atoms with van der Waals surface area (Å²) in [5.41, 5.74) is 1.17. The van der Waals surface area contributed by atoms with Crippen LogP contribution in [-0.4, -0.2) is 55.4 Å². The molecule has 0 radical (unpaired) electrons. The Hall–Kier alpha value is -2.14. The van der Waals surface area contributed by atoms with E-state index in [9.17, 15) is 13.2 Å². The van der Waals surface area contributed by atoms with Crippen molar-refractivity contribution in [3.05, 3.63) is 48.0 Å². The smallest absolute Gasteiger partial charge is 0.241 e. The van der Waals surface area contributed by atoms with Crippen molar-refractivity contribution in [2.75, 3.05) is 36.8 Å². The summed E-state index contributed by atoms with van der Waals surface area (Å²) < 4.78 is 31.7. The third kappa shape index (κ3) is 6.47. The average molecular weight is 508 g/mol. The molecule has 0 unspecified atom stereocenters. The fraction of sp³-hybridized carbons (Fsp3) is 0.391. The van der Waals surface area contributed by atoms with Crippen LogP contribution in [0.5, 0.6) is 11.5 Å². The maximum atomic E-state index is 12.6. The van der Waals surface area contributed by atoms with Crippen LogP contribution in [0.15, 0.2) is 47.4 Å². The first-order valence-electron chi connectivity index (χ1n) is 10.9. The zero-order chi connectivity index (χ0) is 24.0. The number of anilines is 1. The van der Waals surface area contributed by atoms with Gasteiger partial charge in [-0.1, -0.05) is 30.4 Å². The van der Waals surface area contributed by atoms with Crippen molar-refractivity contribution in [3.8, 4) is 11.5 Å².